The number of allylic oxidation sites excluding steroid dienone is 3. The molecule has 11 heteroatoms. The second kappa shape index (κ2) is 12.0. The molecule has 0 saturated carbocycles. The van der Waals surface area contributed by atoms with E-state index in [1.54, 1.807) is 43.9 Å². The summed E-state index contributed by atoms with van der Waals surface area (Å²) in [6.45, 7) is 6.65. The number of nitrogens with one attached hydrogen (secondary N) is 3. The van der Waals surface area contributed by atoms with Crippen molar-refractivity contribution >= 4 is 47.9 Å². The molecule has 0 aliphatic heterocycles. The fourth-order valence-corrected chi connectivity index (χ4v) is 3.49. The van der Waals surface area contributed by atoms with Crippen molar-refractivity contribution in [2.45, 2.75) is 6.92 Å². The van der Waals surface area contributed by atoms with Gasteiger partial charge in [-0.05, 0) is 43.5 Å². The van der Waals surface area contributed by atoms with Crippen LogP contribution in [0.4, 0.5) is 11.8 Å². The number of nitrogens with two attached hydrogens (primary N) is 1. The van der Waals surface area contributed by atoms with Gasteiger partial charge in [-0.25, -0.2) is 19.9 Å². The zero-order chi connectivity index (χ0) is 24.5. The highest BCUT2D eigenvalue weighted by molar-refractivity contribution is 6.36. The smallest absolute Gasteiger partial charge is 0.223 e. The second-order valence-electron chi connectivity index (χ2n) is 7.12. The number of aromatic amines is 1. The number of hydrogen-bond acceptors (Lipinski definition) is 8. The molecule has 0 amide bonds. The number of H-pyrrole nitrogens is 1. The van der Waals surface area contributed by atoms with E-state index in [0.717, 1.165) is 5.57 Å². The van der Waals surface area contributed by atoms with Crippen LogP contribution in [0.5, 0.6) is 0 Å². The van der Waals surface area contributed by atoms with Gasteiger partial charge in [0.15, 0.2) is 0 Å². The Bertz CT molecular complexity index is 1240. The second-order valence-corrected chi connectivity index (χ2v) is 7.96. The summed E-state index contributed by atoms with van der Waals surface area (Å²) in [5, 5.41) is 7.39. The van der Waals surface area contributed by atoms with Crippen LogP contribution in [0.25, 0.3) is 22.6 Å². The lowest BCUT2D eigenvalue weighted by Gasteiger charge is -2.12. The molecule has 176 valence electrons. The Labute approximate surface area is 208 Å². The summed E-state index contributed by atoms with van der Waals surface area (Å²) >= 11 is 12.5. The Kier molecular flexibility index (Phi) is 8.78. The molecule has 34 heavy (non-hydrogen) atoms. The first kappa shape index (κ1) is 24.9. The van der Waals surface area contributed by atoms with Gasteiger partial charge < -0.3 is 21.4 Å². The van der Waals surface area contributed by atoms with Crippen molar-refractivity contribution in [2.75, 3.05) is 31.2 Å². The van der Waals surface area contributed by atoms with Crippen LogP contribution >= 0.6 is 23.2 Å². The molecular weight excluding hydrogens is 473 g/mol. The van der Waals surface area contributed by atoms with Gasteiger partial charge in [-0.15, -0.1) is 0 Å². The fourth-order valence-electron chi connectivity index (χ4n) is 2.99. The van der Waals surface area contributed by atoms with Crippen LogP contribution < -0.4 is 16.4 Å². The lowest BCUT2D eigenvalue weighted by molar-refractivity contribution is 0.804. The van der Waals surface area contributed by atoms with Crippen LogP contribution in [0.3, 0.4) is 0 Å². The van der Waals surface area contributed by atoms with Crippen LogP contribution in [-0.4, -0.2) is 53.0 Å². The van der Waals surface area contributed by atoms with E-state index >= 15 is 0 Å². The minimum Gasteiger partial charge on any atom is -0.382 e. The third-order valence-electron chi connectivity index (χ3n) is 4.55. The van der Waals surface area contributed by atoms with Gasteiger partial charge in [0.25, 0.3) is 0 Å². The lowest BCUT2D eigenvalue weighted by Crippen LogP contribution is -2.21. The van der Waals surface area contributed by atoms with Crippen molar-refractivity contribution in [2.24, 2.45) is 9.98 Å². The molecule has 1 aromatic carbocycles. The molecular formula is C23H25Cl2N9. The number of halogens is 2. The predicted octanol–water partition coefficient (Wildman–Crippen LogP) is 4.61. The molecule has 0 radical (unpaired) electrons. The van der Waals surface area contributed by atoms with Gasteiger partial charge in [0.1, 0.15) is 17.5 Å². The monoisotopic (exact) mass is 497 g/mol. The Morgan fingerprint density at radius 3 is 2.71 bits per heavy atom. The van der Waals surface area contributed by atoms with E-state index in [-0.39, 0.29) is 0 Å². The molecule has 0 fully saturated rings. The van der Waals surface area contributed by atoms with Crippen molar-refractivity contribution in [1.29, 1.82) is 0 Å². The number of nitrogens with zero attached hydrogens (tertiary/aromatic N) is 5. The zero-order valence-corrected chi connectivity index (χ0v) is 20.3. The van der Waals surface area contributed by atoms with E-state index in [0.29, 0.717) is 63.4 Å². The number of hydrogen-bond donors (Lipinski definition) is 4. The molecule has 0 aliphatic rings. The molecule has 0 unspecified atom stereocenters. The molecule has 2 heterocycles. The average molecular weight is 498 g/mol. The summed E-state index contributed by atoms with van der Waals surface area (Å²) in [7, 11) is 1.72. The van der Waals surface area contributed by atoms with Gasteiger partial charge in [-0.3, -0.25) is 4.99 Å². The fraction of sp³-hybridized carbons (Fsp3) is 0.174. The topological polar surface area (TPSA) is 129 Å². The minimum absolute atomic E-state index is 0.364. The molecule has 0 saturated heterocycles. The van der Waals surface area contributed by atoms with Crippen molar-refractivity contribution in [1.82, 2.24) is 25.3 Å². The molecule has 0 spiro atoms. The highest BCUT2D eigenvalue weighted by Gasteiger charge is 2.16. The number of imidazole rings is 1. The van der Waals surface area contributed by atoms with E-state index in [1.165, 1.54) is 0 Å². The first-order chi connectivity index (χ1) is 16.4. The molecule has 0 atom stereocenters. The maximum atomic E-state index is 6.46. The first-order valence-electron chi connectivity index (χ1n) is 10.3. The van der Waals surface area contributed by atoms with Gasteiger partial charge >= 0.3 is 0 Å². The third-order valence-corrected chi connectivity index (χ3v) is 5.10. The SMILES string of the molecule is C=N\C(=C/C=C(C)/C=N\C)NCCNc1ncc(-c2nc(N)c[nH]2)c(-c2ccc(Cl)cc2Cl)n1. The Balaban J connectivity index is 1.77. The van der Waals surface area contributed by atoms with Crippen molar-refractivity contribution in [3.63, 3.8) is 0 Å². The number of aromatic nitrogens is 4. The van der Waals surface area contributed by atoms with Crippen molar-refractivity contribution < 1.29 is 0 Å². The zero-order valence-electron chi connectivity index (χ0n) is 18.8. The van der Waals surface area contributed by atoms with Crippen LogP contribution in [0.2, 0.25) is 10.0 Å². The number of rotatable bonds is 10. The van der Waals surface area contributed by atoms with Gasteiger partial charge in [0.05, 0.1) is 16.3 Å². The van der Waals surface area contributed by atoms with E-state index in [1.807, 2.05) is 19.1 Å². The molecule has 9 nitrogen and oxygen atoms in total. The summed E-state index contributed by atoms with van der Waals surface area (Å²) in [6.07, 6.45) is 8.78. The Morgan fingerprint density at radius 2 is 2.03 bits per heavy atom. The highest BCUT2D eigenvalue weighted by atomic mass is 35.5. The van der Waals surface area contributed by atoms with E-state index in [9.17, 15) is 0 Å². The van der Waals surface area contributed by atoms with Crippen LogP contribution in [-0.2, 0) is 0 Å². The predicted molar refractivity (Wildman–Crippen MR) is 142 cm³/mol. The van der Waals surface area contributed by atoms with E-state index in [4.69, 9.17) is 28.9 Å². The standard InChI is InChI=1S/C23H25Cl2N9/c1-14(11-27-2)4-7-20(28-3)29-8-9-30-23-32-12-17(22-31-13-19(26)33-22)21(34-23)16-6-5-15(24)10-18(16)25/h4-7,10-13,29H,3,8-9,26H2,1-2H3,(H,31,33)(H,30,32,34)/b14-4+,20-7+,27-11-. The Morgan fingerprint density at radius 1 is 1.21 bits per heavy atom. The summed E-state index contributed by atoms with van der Waals surface area (Å²) in [6, 6.07) is 5.22. The molecule has 3 rings (SSSR count). The summed E-state index contributed by atoms with van der Waals surface area (Å²) in [4.78, 5) is 24.4. The number of aliphatic imine (C=N–C) groups is 2. The van der Waals surface area contributed by atoms with Crippen LogP contribution in [0, 0.1) is 0 Å². The van der Waals surface area contributed by atoms with E-state index in [2.05, 4.69) is 47.3 Å². The van der Waals surface area contributed by atoms with Gasteiger partial charge in [-0.1, -0.05) is 29.3 Å². The normalized spacial score (nSPS) is 12.2. The first-order valence-corrected chi connectivity index (χ1v) is 11.1. The maximum absolute atomic E-state index is 6.46. The van der Waals surface area contributed by atoms with Crippen molar-refractivity contribution in [3.8, 4) is 22.6 Å². The quantitative estimate of drug-likeness (QED) is 0.184. The lowest BCUT2D eigenvalue weighted by atomic mass is 10.1. The summed E-state index contributed by atoms with van der Waals surface area (Å²) in [5.74, 6) is 1.97. The Hall–Kier alpha value is -3.69. The molecule has 2 aromatic heterocycles. The van der Waals surface area contributed by atoms with Gasteiger partial charge in [0.2, 0.25) is 5.95 Å². The largest absolute Gasteiger partial charge is 0.382 e. The minimum atomic E-state index is 0.364. The van der Waals surface area contributed by atoms with Gasteiger partial charge in [-0.2, -0.15) is 0 Å². The van der Waals surface area contributed by atoms with Crippen molar-refractivity contribution in [3.05, 3.63) is 64.2 Å². The van der Waals surface area contributed by atoms with Crippen LogP contribution in [0.15, 0.2) is 64.1 Å². The summed E-state index contributed by atoms with van der Waals surface area (Å²) < 4.78 is 0. The van der Waals surface area contributed by atoms with Crippen LogP contribution in [0.1, 0.15) is 6.92 Å². The number of anilines is 2. The summed E-state index contributed by atoms with van der Waals surface area (Å²) in [5.41, 5.74) is 8.72. The third kappa shape index (κ3) is 6.66. The maximum Gasteiger partial charge on any atom is 0.223 e. The molecule has 0 aliphatic carbocycles. The highest BCUT2D eigenvalue weighted by Crippen LogP contribution is 2.35. The van der Waals surface area contributed by atoms with E-state index < -0.39 is 0 Å². The molecule has 5 N–H and O–H groups in total. The molecule has 3 aromatic rings. The number of nitrogen functional groups attached to an aromatic ring is 1. The molecule has 0 bridgehead atoms. The number of benzene rings is 1. The average Bonchev–Trinajstić information content (AvgIpc) is 3.24. The van der Waals surface area contributed by atoms with Gasteiger partial charge in [0, 0.05) is 49.3 Å².